The quantitative estimate of drug-likeness (QED) is 0.589. The fraction of sp³-hybridized carbons (Fsp3) is 0.500. The highest BCUT2D eigenvalue weighted by molar-refractivity contribution is 8.02. The normalized spacial score (nSPS) is 31.7. The lowest BCUT2D eigenvalue weighted by atomic mass is 9.66. The van der Waals surface area contributed by atoms with Crippen LogP contribution in [0.2, 0.25) is 0 Å². The SMILES string of the molecule is CCOC(=O)[C@@H]1[C@@H]2CC(C)C3(S2)C(C(=O)Nc2ccc4ccccc4c2)N(CCCO)C(=O)[C@H]13. The third-order valence-electron chi connectivity index (χ3n) is 7.63. The van der Waals surface area contributed by atoms with E-state index in [1.165, 1.54) is 0 Å². The molecule has 3 unspecified atom stereocenters. The molecule has 2 aromatic carbocycles. The summed E-state index contributed by atoms with van der Waals surface area (Å²) < 4.78 is 4.67. The van der Waals surface area contributed by atoms with Gasteiger partial charge in [-0.3, -0.25) is 14.4 Å². The number of aliphatic hydroxyl groups is 1. The van der Waals surface area contributed by atoms with Crippen LogP contribution in [-0.2, 0) is 19.1 Å². The number of thioether (sulfide) groups is 1. The summed E-state index contributed by atoms with van der Waals surface area (Å²) in [6.45, 7) is 4.31. The lowest BCUT2D eigenvalue weighted by Gasteiger charge is -2.38. The summed E-state index contributed by atoms with van der Waals surface area (Å²) in [6, 6.07) is 13.0. The van der Waals surface area contributed by atoms with Crippen LogP contribution in [-0.4, -0.2) is 63.6 Å². The van der Waals surface area contributed by atoms with Gasteiger partial charge < -0.3 is 20.1 Å². The average Bonchev–Trinajstić information content (AvgIpc) is 3.41. The molecule has 3 heterocycles. The van der Waals surface area contributed by atoms with Crippen molar-refractivity contribution in [1.29, 1.82) is 0 Å². The monoisotopic (exact) mass is 482 g/mol. The predicted molar refractivity (Wildman–Crippen MR) is 131 cm³/mol. The first-order chi connectivity index (χ1) is 16.4. The van der Waals surface area contributed by atoms with E-state index in [4.69, 9.17) is 4.74 Å². The topological polar surface area (TPSA) is 95.9 Å². The molecular weight excluding hydrogens is 452 g/mol. The van der Waals surface area contributed by atoms with Crippen molar-refractivity contribution in [3.8, 4) is 0 Å². The van der Waals surface area contributed by atoms with Gasteiger partial charge in [0.25, 0.3) is 0 Å². The molecule has 1 spiro atoms. The van der Waals surface area contributed by atoms with Crippen LogP contribution in [0.25, 0.3) is 10.8 Å². The molecule has 7 nitrogen and oxygen atoms in total. The maximum atomic E-state index is 13.8. The largest absolute Gasteiger partial charge is 0.466 e. The number of amides is 2. The molecule has 0 aliphatic carbocycles. The highest BCUT2D eigenvalue weighted by Gasteiger charge is 2.76. The third kappa shape index (κ3) is 3.41. The van der Waals surface area contributed by atoms with Crippen molar-refractivity contribution in [2.24, 2.45) is 17.8 Å². The van der Waals surface area contributed by atoms with E-state index in [0.717, 1.165) is 17.2 Å². The summed E-state index contributed by atoms with van der Waals surface area (Å²) in [6.07, 6.45) is 1.15. The second-order valence-corrected chi connectivity index (χ2v) is 11.0. The average molecular weight is 483 g/mol. The van der Waals surface area contributed by atoms with Crippen LogP contribution in [0.1, 0.15) is 26.7 Å². The van der Waals surface area contributed by atoms with E-state index >= 15 is 0 Å². The molecule has 2 aromatic rings. The van der Waals surface area contributed by atoms with Gasteiger partial charge in [0.15, 0.2) is 0 Å². The van der Waals surface area contributed by atoms with Crippen LogP contribution in [0.4, 0.5) is 5.69 Å². The Morgan fingerprint density at radius 2 is 2.00 bits per heavy atom. The summed E-state index contributed by atoms with van der Waals surface area (Å²) >= 11 is 1.62. The van der Waals surface area contributed by atoms with Gasteiger partial charge in [0.05, 0.1) is 23.2 Å². The summed E-state index contributed by atoms with van der Waals surface area (Å²) in [7, 11) is 0. The van der Waals surface area contributed by atoms with Gasteiger partial charge in [0.2, 0.25) is 11.8 Å². The van der Waals surface area contributed by atoms with Crippen LogP contribution in [0.3, 0.4) is 0 Å². The number of benzene rings is 2. The van der Waals surface area contributed by atoms with E-state index in [9.17, 15) is 19.5 Å². The second kappa shape index (κ2) is 8.89. The Bertz CT molecular complexity index is 1140. The Balaban J connectivity index is 1.51. The minimum atomic E-state index is -0.715. The number of hydrogen-bond acceptors (Lipinski definition) is 6. The highest BCUT2D eigenvalue weighted by Crippen LogP contribution is 2.68. The van der Waals surface area contributed by atoms with Gasteiger partial charge in [-0.2, -0.15) is 0 Å². The van der Waals surface area contributed by atoms with Gasteiger partial charge in [0, 0.05) is 24.1 Å². The van der Waals surface area contributed by atoms with Gasteiger partial charge in [-0.05, 0) is 48.6 Å². The van der Waals surface area contributed by atoms with Crippen molar-refractivity contribution in [3.63, 3.8) is 0 Å². The first-order valence-electron chi connectivity index (χ1n) is 12.0. The standard InChI is InChI=1S/C26H30N2O5S/c1-3-33-25(32)20-19-13-15(2)26(34-19)21(20)24(31)28(11-6-12-29)22(26)23(30)27-18-10-9-16-7-4-5-8-17(16)14-18/h4-5,7-10,14-15,19-22,29H,3,6,11-13H2,1-2H3,(H,27,30)/t15?,19-,20+,21-,22?,26?/m0/s1. The smallest absolute Gasteiger partial charge is 0.310 e. The van der Waals surface area contributed by atoms with E-state index in [0.29, 0.717) is 12.1 Å². The number of carbonyl (C=O) groups excluding carboxylic acids is 3. The Morgan fingerprint density at radius 3 is 2.74 bits per heavy atom. The molecule has 2 bridgehead atoms. The van der Waals surface area contributed by atoms with Crippen LogP contribution < -0.4 is 5.32 Å². The Labute approximate surface area is 203 Å². The number of anilines is 1. The zero-order valence-electron chi connectivity index (χ0n) is 19.4. The van der Waals surface area contributed by atoms with E-state index in [-0.39, 0.29) is 48.7 Å². The first-order valence-corrected chi connectivity index (χ1v) is 12.9. The number of esters is 1. The Hall–Kier alpha value is -2.58. The Kier molecular flexibility index (Phi) is 6.06. The van der Waals surface area contributed by atoms with Crippen molar-refractivity contribution in [1.82, 2.24) is 4.90 Å². The van der Waals surface area contributed by atoms with Gasteiger partial charge in [0.1, 0.15) is 6.04 Å². The fourth-order valence-electron chi connectivity index (χ4n) is 6.29. The molecule has 180 valence electrons. The number of fused-ring (bicyclic) bond motifs is 2. The molecule has 2 N–H and O–H groups in total. The number of aliphatic hydroxyl groups excluding tert-OH is 1. The van der Waals surface area contributed by atoms with Gasteiger partial charge >= 0.3 is 5.97 Å². The number of likely N-dealkylation sites (tertiary alicyclic amines) is 1. The number of hydrogen-bond donors (Lipinski definition) is 2. The molecule has 3 aliphatic rings. The lowest BCUT2D eigenvalue weighted by Crippen LogP contribution is -2.54. The molecule has 8 heteroatoms. The lowest BCUT2D eigenvalue weighted by molar-refractivity contribution is -0.154. The number of rotatable bonds is 7. The summed E-state index contributed by atoms with van der Waals surface area (Å²) in [5, 5.41) is 14.6. The molecule has 5 rings (SSSR count). The Morgan fingerprint density at radius 1 is 1.24 bits per heavy atom. The van der Waals surface area contributed by atoms with Gasteiger partial charge in [-0.15, -0.1) is 11.8 Å². The molecule has 0 radical (unpaired) electrons. The van der Waals surface area contributed by atoms with Crippen molar-refractivity contribution in [2.45, 2.75) is 42.7 Å². The third-order valence-corrected chi connectivity index (χ3v) is 9.70. The van der Waals surface area contributed by atoms with E-state index in [2.05, 4.69) is 12.2 Å². The number of carbonyl (C=O) groups is 3. The molecular formula is C26H30N2O5S. The molecule has 3 fully saturated rings. The maximum absolute atomic E-state index is 13.8. The zero-order chi connectivity index (χ0) is 24.0. The number of nitrogens with one attached hydrogen (secondary N) is 1. The van der Waals surface area contributed by atoms with Crippen LogP contribution >= 0.6 is 11.8 Å². The van der Waals surface area contributed by atoms with E-state index in [1.807, 2.05) is 42.5 Å². The first kappa shape index (κ1) is 23.2. The number of ether oxygens (including phenoxy) is 1. The molecule has 2 amide bonds. The zero-order valence-corrected chi connectivity index (χ0v) is 20.2. The van der Waals surface area contributed by atoms with Crippen molar-refractivity contribution in [3.05, 3.63) is 42.5 Å². The molecule has 3 saturated heterocycles. The van der Waals surface area contributed by atoms with E-state index in [1.54, 1.807) is 23.6 Å². The summed E-state index contributed by atoms with van der Waals surface area (Å²) in [4.78, 5) is 42.1. The van der Waals surface area contributed by atoms with Crippen molar-refractivity contribution < 1.29 is 24.2 Å². The van der Waals surface area contributed by atoms with Crippen LogP contribution in [0, 0.1) is 17.8 Å². The predicted octanol–water partition coefficient (Wildman–Crippen LogP) is 3.06. The molecule has 3 aliphatic heterocycles. The fourth-order valence-corrected chi connectivity index (χ4v) is 8.69. The minimum Gasteiger partial charge on any atom is -0.466 e. The summed E-state index contributed by atoms with van der Waals surface area (Å²) in [5.74, 6) is -1.79. The van der Waals surface area contributed by atoms with Gasteiger partial charge in [-0.1, -0.05) is 37.3 Å². The highest BCUT2D eigenvalue weighted by atomic mass is 32.2. The van der Waals surface area contributed by atoms with E-state index < -0.39 is 22.6 Å². The molecule has 0 saturated carbocycles. The molecule has 0 aromatic heterocycles. The number of nitrogens with zero attached hydrogens (tertiary/aromatic N) is 1. The second-order valence-electron chi connectivity index (χ2n) is 9.46. The van der Waals surface area contributed by atoms with Crippen molar-refractivity contribution in [2.75, 3.05) is 25.1 Å². The minimum absolute atomic E-state index is 0.0287. The van der Waals surface area contributed by atoms with Crippen LogP contribution in [0.5, 0.6) is 0 Å². The summed E-state index contributed by atoms with van der Waals surface area (Å²) in [5.41, 5.74) is 0.672. The molecule has 6 atom stereocenters. The van der Waals surface area contributed by atoms with Crippen LogP contribution in [0.15, 0.2) is 42.5 Å². The maximum Gasteiger partial charge on any atom is 0.310 e. The molecule has 34 heavy (non-hydrogen) atoms. The van der Waals surface area contributed by atoms with Gasteiger partial charge in [-0.25, -0.2) is 0 Å². The van der Waals surface area contributed by atoms with Crippen molar-refractivity contribution >= 4 is 46.0 Å².